The molecule has 1 N–H and O–H groups in total. The summed E-state index contributed by atoms with van der Waals surface area (Å²) < 4.78 is 30.7. The van der Waals surface area contributed by atoms with Gasteiger partial charge in [-0.3, -0.25) is 4.55 Å². The predicted octanol–water partition coefficient (Wildman–Crippen LogP) is -1.09. The van der Waals surface area contributed by atoms with E-state index in [2.05, 4.69) is 4.18 Å². The summed E-state index contributed by atoms with van der Waals surface area (Å²) in [6.07, 6.45) is 0. The van der Waals surface area contributed by atoms with Crippen molar-refractivity contribution in [2.45, 2.75) is 6.92 Å². The second-order valence-electron chi connectivity index (χ2n) is 0.834. The monoisotopic (exact) mass is 168 g/mol. The molecule has 0 spiro atoms. The van der Waals surface area contributed by atoms with Crippen LogP contribution in [0.2, 0.25) is 0 Å². The van der Waals surface area contributed by atoms with Gasteiger partial charge in [-0.2, -0.15) is 8.42 Å². The molecule has 0 aromatic rings. The Bertz CT molecular complexity index is 127. The fourth-order valence-corrected chi connectivity index (χ4v) is 0.447. The van der Waals surface area contributed by atoms with Crippen molar-refractivity contribution in [3.63, 3.8) is 0 Å². The topological polar surface area (TPSA) is 63.6 Å². The van der Waals surface area contributed by atoms with Crippen LogP contribution in [-0.2, 0) is 14.6 Å². The third kappa shape index (κ3) is 10.2. The van der Waals surface area contributed by atoms with Crippen molar-refractivity contribution in [3.8, 4) is 0 Å². The molecule has 0 saturated carbocycles. The standard InChI is InChI=1S/C2H6O4S.Ca.2H/c1-2-6-7(3,4)5;;;/h2H2,1H3,(H,3,4,5);;;. The van der Waals surface area contributed by atoms with Crippen molar-refractivity contribution in [3.05, 3.63) is 0 Å². The Labute approximate surface area is 78.2 Å². The average Bonchev–Trinajstić information content (AvgIpc) is 1.30. The molecular weight excluding hydrogens is 160 g/mol. The first-order valence-corrected chi connectivity index (χ1v) is 3.04. The molecule has 0 bridgehead atoms. The molecule has 0 amide bonds. The molecule has 0 fully saturated rings. The van der Waals surface area contributed by atoms with Gasteiger partial charge in [0.05, 0.1) is 6.61 Å². The van der Waals surface area contributed by atoms with Gasteiger partial charge in [0.15, 0.2) is 0 Å². The van der Waals surface area contributed by atoms with E-state index in [4.69, 9.17) is 4.55 Å². The molecule has 4 nitrogen and oxygen atoms in total. The minimum absolute atomic E-state index is 0. The number of hydrogen-bond acceptors (Lipinski definition) is 3. The summed E-state index contributed by atoms with van der Waals surface area (Å²) in [5.74, 6) is 0. The molecular formula is C2H8CaO4S. The second-order valence-corrected chi connectivity index (χ2v) is 1.93. The van der Waals surface area contributed by atoms with Crippen LogP contribution in [0.15, 0.2) is 0 Å². The Kier molecular flexibility index (Phi) is 7.36. The van der Waals surface area contributed by atoms with Gasteiger partial charge in [-0.05, 0) is 6.92 Å². The summed E-state index contributed by atoms with van der Waals surface area (Å²) in [6, 6.07) is 0. The van der Waals surface area contributed by atoms with Gasteiger partial charge >= 0.3 is 48.1 Å². The Morgan fingerprint density at radius 2 is 2.00 bits per heavy atom. The molecule has 0 atom stereocenters. The van der Waals surface area contributed by atoms with Gasteiger partial charge in [0, 0.05) is 0 Å². The molecule has 0 radical (unpaired) electrons. The van der Waals surface area contributed by atoms with Gasteiger partial charge in [0.25, 0.3) is 0 Å². The van der Waals surface area contributed by atoms with Crippen LogP contribution in [-0.4, -0.2) is 57.3 Å². The van der Waals surface area contributed by atoms with E-state index in [9.17, 15) is 8.42 Å². The molecule has 0 aliphatic carbocycles. The predicted molar refractivity (Wildman–Crippen MR) is 31.7 cm³/mol. The molecule has 0 aromatic heterocycles. The Morgan fingerprint density at radius 3 is 2.00 bits per heavy atom. The van der Waals surface area contributed by atoms with Gasteiger partial charge in [-0.15, -0.1) is 0 Å². The Hall–Kier alpha value is 1.13. The van der Waals surface area contributed by atoms with Crippen molar-refractivity contribution in [2.75, 3.05) is 6.61 Å². The van der Waals surface area contributed by atoms with Gasteiger partial charge in [0.1, 0.15) is 0 Å². The van der Waals surface area contributed by atoms with E-state index >= 15 is 0 Å². The van der Waals surface area contributed by atoms with Crippen LogP contribution >= 0.6 is 0 Å². The molecule has 0 rings (SSSR count). The van der Waals surface area contributed by atoms with Crippen LogP contribution in [0.4, 0.5) is 0 Å². The Balaban J connectivity index is 0. The van der Waals surface area contributed by atoms with E-state index < -0.39 is 10.4 Å². The van der Waals surface area contributed by atoms with Crippen molar-refractivity contribution in [1.82, 2.24) is 0 Å². The van der Waals surface area contributed by atoms with Crippen LogP contribution in [0.25, 0.3) is 0 Å². The third-order valence-electron chi connectivity index (χ3n) is 0.267. The summed E-state index contributed by atoms with van der Waals surface area (Å²) in [5.41, 5.74) is 0. The first kappa shape index (κ1) is 11.9. The molecule has 0 aliphatic heterocycles. The summed E-state index contributed by atoms with van der Waals surface area (Å²) >= 11 is 0. The van der Waals surface area contributed by atoms with Crippen LogP contribution < -0.4 is 0 Å². The van der Waals surface area contributed by atoms with Crippen LogP contribution in [0.3, 0.4) is 0 Å². The van der Waals surface area contributed by atoms with E-state index in [0.29, 0.717) is 0 Å². The van der Waals surface area contributed by atoms with E-state index in [0.717, 1.165) is 0 Å². The van der Waals surface area contributed by atoms with Gasteiger partial charge in [-0.25, -0.2) is 4.18 Å². The zero-order valence-electron chi connectivity index (χ0n) is 3.79. The van der Waals surface area contributed by atoms with E-state index in [1.165, 1.54) is 6.92 Å². The summed E-state index contributed by atoms with van der Waals surface area (Å²) in [5, 5.41) is 0. The van der Waals surface area contributed by atoms with Gasteiger partial charge in [-0.1, -0.05) is 0 Å². The molecule has 0 saturated heterocycles. The maximum absolute atomic E-state index is 9.56. The fraction of sp³-hybridized carbons (Fsp3) is 1.00. The molecule has 6 heteroatoms. The molecule has 8 heavy (non-hydrogen) atoms. The molecule has 48 valence electrons. The van der Waals surface area contributed by atoms with E-state index in [-0.39, 0.29) is 44.3 Å². The maximum atomic E-state index is 9.56. The number of rotatable bonds is 2. The number of hydrogen-bond donors (Lipinski definition) is 1. The van der Waals surface area contributed by atoms with Crippen LogP contribution in [0.1, 0.15) is 6.92 Å². The fourth-order valence-electron chi connectivity index (χ4n) is 0.149. The third-order valence-corrected chi connectivity index (χ3v) is 0.800. The first-order valence-electron chi connectivity index (χ1n) is 1.68. The zero-order chi connectivity index (χ0) is 5.91. The van der Waals surface area contributed by atoms with E-state index in [1.807, 2.05) is 0 Å². The van der Waals surface area contributed by atoms with Crippen LogP contribution in [0, 0.1) is 0 Å². The first-order chi connectivity index (χ1) is 3.06. The van der Waals surface area contributed by atoms with Gasteiger partial charge < -0.3 is 0 Å². The molecule has 0 aliphatic rings. The molecule has 0 heterocycles. The van der Waals surface area contributed by atoms with Crippen molar-refractivity contribution >= 4 is 48.1 Å². The van der Waals surface area contributed by atoms with Crippen molar-refractivity contribution < 1.29 is 17.2 Å². The van der Waals surface area contributed by atoms with E-state index in [1.54, 1.807) is 0 Å². The summed E-state index contributed by atoms with van der Waals surface area (Å²) in [4.78, 5) is 0. The molecule has 0 unspecified atom stereocenters. The van der Waals surface area contributed by atoms with Crippen molar-refractivity contribution in [2.24, 2.45) is 0 Å². The van der Waals surface area contributed by atoms with Crippen molar-refractivity contribution in [1.29, 1.82) is 0 Å². The second kappa shape index (κ2) is 4.96. The van der Waals surface area contributed by atoms with Crippen LogP contribution in [0.5, 0.6) is 0 Å². The summed E-state index contributed by atoms with van der Waals surface area (Å²) in [6.45, 7) is 1.44. The minimum atomic E-state index is -4.17. The SMILES string of the molecule is CCOS(=O)(=O)O.[CaH2]. The quantitative estimate of drug-likeness (QED) is 0.420. The normalized spacial score (nSPS) is 10.2. The average molecular weight is 168 g/mol. The molecule has 0 aromatic carbocycles. The zero-order valence-corrected chi connectivity index (χ0v) is 4.60. The Morgan fingerprint density at radius 1 is 1.62 bits per heavy atom. The summed E-state index contributed by atoms with van der Waals surface area (Å²) in [7, 11) is -4.17. The van der Waals surface area contributed by atoms with Gasteiger partial charge in [0.2, 0.25) is 0 Å².